The predicted molar refractivity (Wildman–Crippen MR) is 149 cm³/mol. The summed E-state index contributed by atoms with van der Waals surface area (Å²) >= 11 is 0. The summed E-state index contributed by atoms with van der Waals surface area (Å²) in [4.78, 5) is 13.8. The van der Waals surface area contributed by atoms with Gasteiger partial charge in [-0.25, -0.2) is 0 Å². The minimum Gasteiger partial charge on any atom is -0.492 e. The Morgan fingerprint density at radius 3 is 2.00 bits per heavy atom. The summed E-state index contributed by atoms with van der Waals surface area (Å²) in [6.07, 6.45) is 0.229. The van der Waals surface area contributed by atoms with Crippen LogP contribution in [0.2, 0.25) is 0 Å². The van der Waals surface area contributed by atoms with Gasteiger partial charge >= 0.3 is 5.79 Å². The topological polar surface area (TPSA) is 70.8 Å². The number of ether oxygens (including phenoxy) is 3. The lowest BCUT2D eigenvalue weighted by Gasteiger charge is -2.32. The molecule has 1 aliphatic rings. The monoisotopic (exact) mass is 507 g/mol. The Labute approximate surface area is 224 Å². The van der Waals surface area contributed by atoms with Crippen LogP contribution >= 0.6 is 0 Å². The van der Waals surface area contributed by atoms with Crippen LogP contribution in [0, 0.1) is 6.92 Å². The van der Waals surface area contributed by atoms with Crippen molar-refractivity contribution < 1.29 is 19.0 Å². The van der Waals surface area contributed by atoms with E-state index in [9.17, 15) is 4.79 Å². The number of hydrogen-bond donors (Lipinski definition) is 1. The molecule has 0 saturated heterocycles. The van der Waals surface area contributed by atoms with Gasteiger partial charge in [-0.1, -0.05) is 84.9 Å². The van der Waals surface area contributed by atoms with Gasteiger partial charge < -0.3 is 19.9 Å². The summed E-state index contributed by atoms with van der Waals surface area (Å²) in [6.45, 7) is 5.97. The Kier molecular flexibility index (Phi) is 6.72. The van der Waals surface area contributed by atoms with Gasteiger partial charge in [0.05, 0.1) is 12.7 Å². The number of rotatable bonds is 8. The Morgan fingerprint density at radius 1 is 0.868 bits per heavy atom. The Hall–Kier alpha value is -4.09. The van der Waals surface area contributed by atoms with Crippen molar-refractivity contribution >= 4 is 5.78 Å². The maximum Gasteiger partial charge on any atom is 0.305 e. The van der Waals surface area contributed by atoms with Crippen molar-refractivity contribution in [2.75, 3.05) is 7.11 Å². The van der Waals surface area contributed by atoms with E-state index >= 15 is 0 Å². The van der Waals surface area contributed by atoms with Crippen LogP contribution in [-0.4, -0.2) is 18.4 Å². The molecule has 0 radical (unpaired) electrons. The molecular weight excluding hydrogens is 474 g/mol. The van der Waals surface area contributed by atoms with E-state index in [1.807, 2.05) is 106 Å². The molecule has 0 saturated carbocycles. The molecule has 0 fully saturated rings. The molecule has 194 valence electrons. The average molecular weight is 508 g/mol. The standard InChI is InChI=1S/C33H33NO4/c1-22-13-11-12-18-25(22)27(32(2,3)34)21-28(35)26-19-20-29-31(30(26)36-4)38-33(37-29,23-14-7-5-8-15-23)24-16-9-6-10-17-24/h5-20,27H,21,34H2,1-4H3. The van der Waals surface area contributed by atoms with Gasteiger partial charge in [0.25, 0.3) is 0 Å². The lowest BCUT2D eigenvalue weighted by molar-refractivity contribution is -0.0467. The fourth-order valence-electron chi connectivity index (χ4n) is 5.23. The highest BCUT2D eigenvalue weighted by Crippen LogP contribution is 2.53. The Balaban J connectivity index is 1.55. The highest BCUT2D eigenvalue weighted by Gasteiger charge is 2.47. The van der Waals surface area contributed by atoms with Gasteiger partial charge in [0.2, 0.25) is 5.75 Å². The third-order valence-electron chi connectivity index (χ3n) is 7.24. The number of methoxy groups -OCH3 is 1. The van der Waals surface area contributed by atoms with Crippen LogP contribution in [0.5, 0.6) is 17.2 Å². The maximum absolute atomic E-state index is 13.8. The average Bonchev–Trinajstić information content (AvgIpc) is 3.33. The number of Topliss-reactive ketones (excluding diaryl/α,β-unsaturated/α-hetero) is 1. The van der Waals surface area contributed by atoms with Gasteiger partial charge in [-0.3, -0.25) is 4.79 Å². The highest BCUT2D eigenvalue weighted by atomic mass is 16.7. The number of nitrogens with two attached hydrogens (primary N) is 1. The summed E-state index contributed by atoms with van der Waals surface area (Å²) in [5, 5.41) is 0. The number of benzene rings is 4. The Bertz CT molecular complexity index is 1400. The number of carbonyl (C=O) groups excluding carboxylic acids is 1. The first kappa shape index (κ1) is 25.6. The van der Waals surface area contributed by atoms with E-state index in [-0.39, 0.29) is 18.1 Å². The van der Waals surface area contributed by atoms with Crippen molar-refractivity contribution in [3.63, 3.8) is 0 Å². The molecule has 0 spiro atoms. The van der Waals surface area contributed by atoms with Crippen LogP contribution in [0.1, 0.15) is 58.8 Å². The van der Waals surface area contributed by atoms with E-state index in [1.165, 1.54) is 0 Å². The lowest BCUT2D eigenvalue weighted by atomic mass is 9.77. The van der Waals surface area contributed by atoms with Crippen LogP contribution in [0.3, 0.4) is 0 Å². The third kappa shape index (κ3) is 4.54. The zero-order chi connectivity index (χ0) is 26.9. The predicted octanol–water partition coefficient (Wildman–Crippen LogP) is 6.77. The van der Waals surface area contributed by atoms with E-state index in [0.29, 0.717) is 22.8 Å². The van der Waals surface area contributed by atoms with E-state index in [4.69, 9.17) is 19.9 Å². The van der Waals surface area contributed by atoms with E-state index in [2.05, 4.69) is 0 Å². The first-order valence-electron chi connectivity index (χ1n) is 12.8. The van der Waals surface area contributed by atoms with Crippen LogP contribution in [0.4, 0.5) is 0 Å². The van der Waals surface area contributed by atoms with Crippen LogP contribution in [-0.2, 0) is 5.79 Å². The van der Waals surface area contributed by atoms with E-state index in [0.717, 1.165) is 22.3 Å². The van der Waals surface area contributed by atoms with Crippen molar-refractivity contribution in [3.05, 3.63) is 125 Å². The molecule has 1 unspecified atom stereocenters. The molecule has 1 heterocycles. The van der Waals surface area contributed by atoms with Crippen molar-refractivity contribution in [3.8, 4) is 17.2 Å². The molecule has 4 aromatic rings. The van der Waals surface area contributed by atoms with Gasteiger partial charge in [-0.05, 0) is 44.0 Å². The molecule has 5 nitrogen and oxygen atoms in total. The number of carbonyl (C=O) groups is 1. The molecule has 4 aromatic carbocycles. The second-order valence-corrected chi connectivity index (χ2v) is 10.4. The van der Waals surface area contributed by atoms with Crippen LogP contribution in [0.25, 0.3) is 0 Å². The number of ketones is 1. The maximum atomic E-state index is 13.8. The van der Waals surface area contributed by atoms with Crippen molar-refractivity contribution in [2.45, 2.75) is 44.4 Å². The lowest BCUT2D eigenvalue weighted by Crippen LogP contribution is -2.40. The molecule has 0 amide bonds. The summed E-state index contributed by atoms with van der Waals surface area (Å²) < 4.78 is 19.0. The fraction of sp³-hybridized carbons (Fsp3) is 0.242. The summed E-state index contributed by atoms with van der Waals surface area (Å²) in [7, 11) is 1.55. The smallest absolute Gasteiger partial charge is 0.305 e. The zero-order valence-corrected chi connectivity index (χ0v) is 22.2. The molecule has 1 atom stereocenters. The molecule has 5 heteroatoms. The molecule has 0 aromatic heterocycles. The second kappa shape index (κ2) is 9.99. The highest BCUT2D eigenvalue weighted by molar-refractivity contribution is 6.00. The van der Waals surface area contributed by atoms with Crippen molar-refractivity contribution in [1.82, 2.24) is 0 Å². The first-order chi connectivity index (χ1) is 18.2. The van der Waals surface area contributed by atoms with E-state index in [1.54, 1.807) is 19.2 Å². The largest absolute Gasteiger partial charge is 0.492 e. The molecule has 38 heavy (non-hydrogen) atoms. The van der Waals surface area contributed by atoms with Gasteiger partial charge in [0.15, 0.2) is 17.3 Å². The summed E-state index contributed by atoms with van der Waals surface area (Å²) in [5.41, 5.74) is 10.3. The quantitative estimate of drug-likeness (QED) is 0.267. The van der Waals surface area contributed by atoms with Gasteiger partial charge in [-0.15, -0.1) is 0 Å². The van der Waals surface area contributed by atoms with E-state index < -0.39 is 11.3 Å². The summed E-state index contributed by atoms with van der Waals surface area (Å²) in [6, 6.07) is 31.2. The molecule has 0 aliphatic carbocycles. The first-order valence-corrected chi connectivity index (χ1v) is 12.8. The number of fused-ring (bicyclic) bond motifs is 1. The van der Waals surface area contributed by atoms with Gasteiger partial charge in [-0.2, -0.15) is 0 Å². The van der Waals surface area contributed by atoms with Gasteiger partial charge in [0.1, 0.15) is 0 Å². The Morgan fingerprint density at radius 2 is 1.45 bits per heavy atom. The molecular formula is C33H33NO4. The van der Waals surface area contributed by atoms with Crippen LogP contribution < -0.4 is 19.9 Å². The van der Waals surface area contributed by atoms with Gasteiger partial charge in [0, 0.05) is 29.0 Å². The van der Waals surface area contributed by atoms with Crippen molar-refractivity contribution in [2.24, 2.45) is 5.73 Å². The normalized spacial score (nSPS) is 14.7. The molecule has 5 rings (SSSR count). The minimum absolute atomic E-state index is 0.0723. The van der Waals surface area contributed by atoms with Crippen molar-refractivity contribution in [1.29, 1.82) is 0 Å². The summed E-state index contributed by atoms with van der Waals surface area (Å²) in [5.74, 6) is -0.176. The number of hydrogen-bond acceptors (Lipinski definition) is 5. The second-order valence-electron chi connectivity index (χ2n) is 10.4. The SMILES string of the molecule is COc1c(C(=O)CC(c2ccccc2C)C(C)(C)N)ccc2c1OC(c1ccccc1)(c1ccccc1)O2. The number of aryl methyl sites for hydroxylation is 1. The molecule has 0 bridgehead atoms. The minimum atomic E-state index is -1.21. The zero-order valence-electron chi connectivity index (χ0n) is 22.2. The molecule has 1 aliphatic heterocycles. The molecule has 2 N–H and O–H groups in total. The fourth-order valence-corrected chi connectivity index (χ4v) is 5.23. The van der Waals surface area contributed by atoms with Crippen LogP contribution in [0.15, 0.2) is 97.1 Å². The third-order valence-corrected chi connectivity index (χ3v) is 7.24.